The Morgan fingerprint density at radius 1 is 0.237 bits per heavy atom. The summed E-state index contributed by atoms with van der Waals surface area (Å²) in [4.78, 5) is 0. The molecule has 0 atom stereocenters. The molecule has 0 bridgehead atoms. The van der Waals surface area contributed by atoms with Crippen molar-refractivity contribution < 1.29 is 21.7 Å². The van der Waals surface area contributed by atoms with Crippen LogP contribution in [0.5, 0.6) is 0 Å². The molecule has 0 aliphatic carbocycles. The Morgan fingerprint density at radius 3 is 0.579 bits per heavy atom. The van der Waals surface area contributed by atoms with Crippen LogP contribution in [0.15, 0.2) is 0 Å². The number of unbranched alkanes of at least 4 members (excludes halogenated alkanes) is 30. The van der Waals surface area contributed by atoms with E-state index in [1.807, 2.05) is 0 Å². The first kappa shape index (κ1) is 40.8. The van der Waals surface area contributed by atoms with Gasteiger partial charge in [0.05, 0.1) is 0 Å². The largest absolute Gasteiger partial charge is 0.662 e. The van der Waals surface area contributed by atoms with Gasteiger partial charge in [0.25, 0.3) is 0 Å². The predicted octanol–water partition coefficient (Wildman–Crippen LogP) is 13.9. The molecule has 38 heavy (non-hydrogen) atoms. The van der Waals surface area contributed by atoms with Crippen molar-refractivity contribution in [2.75, 3.05) is 13.1 Å². The van der Waals surface area contributed by atoms with Gasteiger partial charge in [0, 0.05) is 21.7 Å². The Hall–Kier alpha value is 0.674. The van der Waals surface area contributed by atoms with Crippen LogP contribution >= 0.6 is 0 Å². The summed E-state index contributed by atoms with van der Waals surface area (Å²) in [5.74, 6) is 0. The fourth-order valence-electron chi connectivity index (χ4n) is 5.66. The average Bonchev–Trinajstić information content (AvgIpc) is 2.91. The summed E-state index contributed by atoms with van der Waals surface area (Å²) in [5.41, 5.74) is 0. The van der Waals surface area contributed by atoms with Gasteiger partial charge in [0.2, 0.25) is 0 Å². The zero-order chi connectivity index (χ0) is 26.7. The zero-order valence-corrected chi connectivity index (χ0v) is 28.6. The smallest absolute Gasteiger partial charge is 0 e. The maximum atomic E-state index is 4.78. The van der Waals surface area contributed by atoms with Crippen LogP contribution in [-0.2, 0) is 21.7 Å². The zero-order valence-electron chi connectivity index (χ0n) is 27.0. The van der Waals surface area contributed by atoms with Gasteiger partial charge in [-0.2, -0.15) is 0 Å². The second-order valence-corrected chi connectivity index (χ2v) is 12.3. The van der Waals surface area contributed by atoms with Gasteiger partial charge in [0.15, 0.2) is 0 Å². The van der Waals surface area contributed by atoms with E-state index in [1.54, 1.807) is 0 Å². The van der Waals surface area contributed by atoms with Gasteiger partial charge in [-0.25, -0.2) is 0 Å². The first-order chi connectivity index (χ1) is 18.4. The van der Waals surface area contributed by atoms with E-state index in [0.717, 1.165) is 13.1 Å². The fraction of sp³-hybridized carbons (Fsp3) is 1.00. The first-order valence-corrected chi connectivity index (χ1v) is 18.0. The van der Waals surface area contributed by atoms with Gasteiger partial charge in [-0.05, 0) is 0 Å². The van der Waals surface area contributed by atoms with E-state index in [4.69, 9.17) is 5.32 Å². The molecule has 0 aromatic heterocycles. The second-order valence-electron chi connectivity index (χ2n) is 12.3. The van der Waals surface area contributed by atoms with Crippen molar-refractivity contribution in [2.24, 2.45) is 0 Å². The van der Waals surface area contributed by atoms with Crippen LogP contribution in [0.25, 0.3) is 5.32 Å². The normalized spacial score (nSPS) is 11.2. The molecule has 228 valence electrons. The number of hydrogen-bond acceptors (Lipinski definition) is 0. The SMILES string of the molecule is CCCCCCCCCCCCCCCCCC[N-]CCCCCCCCCCCCCCCCCC.[Ti]. The minimum atomic E-state index is 0. The molecule has 0 rings (SSSR count). The molecule has 2 heteroatoms. The molecule has 0 aliphatic heterocycles. The molecule has 1 nitrogen and oxygen atoms in total. The van der Waals surface area contributed by atoms with Crippen LogP contribution < -0.4 is 0 Å². The van der Waals surface area contributed by atoms with Crippen LogP contribution in [0.3, 0.4) is 0 Å². The van der Waals surface area contributed by atoms with Crippen LogP contribution in [0.4, 0.5) is 0 Å². The van der Waals surface area contributed by atoms with Crippen LogP contribution in [0.1, 0.15) is 219 Å². The van der Waals surface area contributed by atoms with Gasteiger partial charge in [-0.1, -0.05) is 219 Å². The van der Waals surface area contributed by atoms with Gasteiger partial charge < -0.3 is 5.32 Å². The summed E-state index contributed by atoms with van der Waals surface area (Å²) in [7, 11) is 0. The van der Waals surface area contributed by atoms with Crippen molar-refractivity contribution in [3.05, 3.63) is 5.32 Å². The van der Waals surface area contributed by atoms with E-state index in [0.29, 0.717) is 0 Å². The van der Waals surface area contributed by atoms with Crippen LogP contribution in [0, 0.1) is 0 Å². The molecular weight excluding hydrogens is 494 g/mol. The average molecular weight is 569 g/mol. The Kier molecular flexibility index (Phi) is 42.8. The third-order valence-corrected chi connectivity index (χ3v) is 8.34. The number of nitrogens with zero attached hydrogens (tertiary/aromatic N) is 1. The molecule has 0 saturated heterocycles. The molecule has 0 amide bonds. The van der Waals surface area contributed by atoms with E-state index in [2.05, 4.69) is 13.8 Å². The fourth-order valence-corrected chi connectivity index (χ4v) is 5.66. The molecular formula is C36H74NTi-. The second kappa shape index (κ2) is 39.8. The van der Waals surface area contributed by atoms with Crippen molar-refractivity contribution in [3.63, 3.8) is 0 Å². The van der Waals surface area contributed by atoms with Crippen molar-refractivity contribution >= 4 is 0 Å². The molecule has 0 saturated carbocycles. The molecule has 0 aromatic rings. The van der Waals surface area contributed by atoms with Crippen LogP contribution in [-0.4, -0.2) is 13.1 Å². The van der Waals surface area contributed by atoms with Gasteiger partial charge >= 0.3 is 0 Å². The predicted molar refractivity (Wildman–Crippen MR) is 172 cm³/mol. The van der Waals surface area contributed by atoms with Crippen molar-refractivity contribution in [2.45, 2.75) is 219 Å². The minimum Gasteiger partial charge on any atom is -0.662 e. The summed E-state index contributed by atoms with van der Waals surface area (Å²) < 4.78 is 0. The van der Waals surface area contributed by atoms with E-state index in [-0.39, 0.29) is 21.7 Å². The Morgan fingerprint density at radius 2 is 0.395 bits per heavy atom. The molecule has 0 spiro atoms. The molecule has 0 heterocycles. The maximum absolute atomic E-state index is 4.78. The summed E-state index contributed by atoms with van der Waals surface area (Å²) in [5, 5.41) is 4.78. The Balaban J connectivity index is 0. The van der Waals surface area contributed by atoms with Crippen molar-refractivity contribution in [1.82, 2.24) is 0 Å². The van der Waals surface area contributed by atoms with Gasteiger partial charge in [-0.15, -0.1) is 13.1 Å². The molecule has 0 radical (unpaired) electrons. The van der Waals surface area contributed by atoms with Gasteiger partial charge in [0.1, 0.15) is 0 Å². The summed E-state index contributed by atoms with van der Waals surface area (Å²) in [6, 6.07) is 0. The summed E-state index contributed by atoms with van der Waals surface area (Å²) in [6.45, 7) is 6.85. The monoisotopic (exact) mass is 569 g/mol. The molecule has 0 fully saturated rings. The Labute approximate surface area is 258 Å². The summed E-state index contributed by atoms with van der Waals surface area (Å²) >= 11 is 0. The third-order valence-electron chi connectivity index (χ3n) is 8.34. The molecule has 0 N–H and O–H groups in total. The van der Waals surface area contributed by atoms with E-state index in [1.165, 1.54) is 205 Å². The summed E-state index contributed by atoms with van der Waals surface area (Å²) in [6.07, 6.45) is 46.4. The Bertz CT molecular complexity index is 338. The molecule has 0 aliphatic rings. The van der Waals surface area contributed by atoms with Gasteiger partial charge in [-0.3, -0.25) is 0 Å². The van der Waals surface area contributed by atoms with E-state index in [9.17, 15) is 0 Å². The third kappa shape index (κ3) is 38.8. The minimum absolute atomic E-state index is 0. The van der Waals surface area contributed by atoms with Crippen molar-refractivity contribution in [3.8, 4) is 0 Å². The molecule has 0 unspecified atom stereocenters. The maximum Gasteiger partial charge on any atom is 0 e. The molecule has 0 aromatic carbocycles. The quantitative estimate of drug-likeness (QED) is 0.0541. The van der Waals surface area contributed by atoms with Crippen molar-refractivity contribution in [1.29, 1.82) is 0 Å². The standard InChI is InChI=1S/C36H74N.Ti/c1-3-5-7-9-11-13-15-17-19-21-23-25-27-29-31-33-35-37-36-34-32-30-28-26-24-22-20-18-16-14-12-10-8-6-4-2;/h3-36H2,1-2H3;/q-1;. The topological polar surface area (TPSA) is 14.1 Å². The van der Waals surface area contributed by atoms with E-state index < -0.39 is 0 Å². The van der Waals surface area contributed by atoms with Crippen LogP contribution in [0.2, 0.25) is 0 Å². The first-order valence-electron chi connectivity index (χ1n) is 18.0. The number of rotatable bonds is 34. The van der Waals surface area contributed by atoms with E-state index >= 15 is 0 Å². The number of hydrogen-bond donors (Lipinski definition) is 0.